The van der Waals surface area contributed by atoms with Gasteiger partial charge in [-0.05, 0) is 23.3 Å². The van der Waals surface area contributed by atoms with Gasteiger partial charge >= 0.3 is 0 Å². The van der Waals surface area contributed by atoms with Gasteiger partial charge in [0.25, 0.3) is 0 Å². The molecule has 0 radical (unpaired) electrons. The van der Waals surface area contributed by atoms with Crippen LogP contribution in [0, 0.1) is 0 Å². The maximum absolute atomic E-state index is 12.0. The summed E-state index contributed by atoms with van der Waals surface area (Å²) in [4.78, 5) is 11.7. The molecule has 2 N–H and O–H groups in total. The highest BCUT2D eigenvalue weighted by Crippen LogP contribution is 2.10. The number of sulfone groups is 1. The van der Waals surface area contributed by atoms with Gasteiger partial charge < -0.3 is 14.8 Å². The summed E-state index contributed by atoms with van der Waals surface area (Å²) in [6.45, 7) is -0.00112. The van der Waals surface area contributed by atoms with E-state index in [4.69, 9.17) is 9.52 Å². The molecule has 0 aliphatic carbocycles. The third-order valence-electron chi connectivity index (χ3n) is 2.95. The molecule has 1 amide bonds. The van der Waals surface area contributed by atoms with Crippen LogP contribution in [-0.4, -0.2) is 25.2 Å². The van der Waals surface area contributed by atoms with Gasteiger partial charge in [-0.3, -0.25) is 4.79 Å². The second-order valence-electron chi connectivity index (χ2n) is 4.87. The van der Waals surface area contributed by atoms with Crippen molar-refractivity contribution in [1.29, 1.82) is 0 Å². The van der Waals surface area contributed by atoms with E-state index in [1.165, 1.54) is 6.26 Å². The third-order valence-corrected chi connectivity index (χ3v) is 4.43. The van der Waals surface area contributed by atoms with Crippen LogP contribution in [0.3, 0.4) is 0 Å². The Morgan fingerprint density at radius 3 is 2.64 bits per heavy atom. The second-order valence-corrected chi connectivity index (χ2v) is 6.93. The first kappa shape index (κ1) is 16.3. The van der Waals surface area contributed by atoms with Gasteiger partial charge in [0.1, 0.15) is 11.5 Å². The zero-order chi connectivity index (χ0) is 16.0. The first-order valence-corrected chi connectivity index (χ1v) is 8.49. The summed E-state index contributed by atoms with van der Waals surface area (Å²) in [5.41, 5.74) is 1.18. The third kappa shape index (κ3) is 5.01. The van der Waals surface area contributed by atoms with Crippen LogP contribution in [0.4, 0.5) is 0 Å². The summed E-state index contributed by atoms with van der Waals surface area (Å²) in [5.74, 6) is -0.845. The van der Waals surface area contributed by atoms with Crippen molar-refractivity contribution in [1.82, 2.24) is 5.32 Å². The van der Waals surface area contributed by atoms with Gasteiger partial charge in [0.2, 0.25) is 5.91 Å². The average Bonchev–Trinajstić information content (AvgIpc) is 2.97. The van der Waals surface area contributed by atoms with Crippen molar-refractivity contribution in [2.24, 2.45) is 0 Å². The molecule has 22 heavy (non-hydrogen) atoms. The molecule has 118 valence electrons. The molecule has 0 unspecified atom stereocenters. The van der Waals surface area contributed by atoms with Crippen molar-refractivity contribution in [2.75, 3.05) is 5.75 Å². The highest BCUT2D eigenvalue weighted by molar-refractivity contribution is 7.91. The minimum atomic E-state index is -3.57. The number of hydrogen-bond acceptors (Lipinski definition) is 5. The zero-order valence-corrected chi connectivity index (χ0v) is 12.7. The maximum Gasteiger partial charge on any atom is 0.235 e. The van der Waals surface area contributed by atoms with Crippen LogP contribution in [0.1, 0.15) is 16.9 Å². The van der Waals surface area contributed by atoms with E-state index in [0.717, 1.165) is 0 Å². The molecule has 7 heteroatoms. The van der Waals surface area contributed by atoms with Gasteiger partial charge in [0.05, 0.1) is 25.2 Å². The van der Waals surface area contributed by atoms with Gasteiger partial charge in [0, 0.05) is 0 Å². The molecule has 2 aromatic rings. The van der Waals surface area contributed by atoms with E-state index in [2.05, 4.69) is 5.32 Å². The highest BCUT2D eigenvalue weighted by atomic mass is 32.2. The van der Waals surface area contributed by atoms with Gasteiger partial charge in [-0.1, -0.05) is 24.3 Å². The normalized spacial score (nSPS) is 11.3. The van der Waals surface area contributed by atoms with E-state index in [-0.39, 0.29) is 18.9 Å². The number of benzene rings is 1. The topological polar surface area (TPSA) is 96.6 Å². The Morgan fingerprint density at radius 1 is 1.18 bits per heavy atom. The lowest BCUT2D eigenvalue weighted by Crippen LogP contribution is -2.30. The van der Waals surface area contributed by atoms with Gasteiger partial charge in [0.15, 0.2) is 9.84 Å². The van der Waals surface area contributed by atoms with Gasteiger partial charge in [-0.15, -0.1) is 0 Å². The Balaban J connectivity index is 1.90. The molecule has 0 atom stereocenters. The van der Waals surface area contributed by atoms with Crippen LogP contribution in [0.25, 0.3) is 0 Å². The number of rotatable bonds is 7. The first-order chi connectivity index (χ1) is 10.5. The van der Waals surface area contributed by atoms with Crippen molar-refractivity contribution >= 4 is 15.7 Å². The van der Waals surface area contributed by atoms with E-state index in [0.29, 0.717) is 16.9 Å². The quantitative estimate of drug-likeness (QED) is 0.792. The molecule has 2 rings (SSSR count). The fourth-order valence-corrected chi connectivity index (χ4v) is 3.26. The Bertz CT molecular complexity index is 722. The first-order valence-electron chi connectivity index (χ1n) is 6.67. The Hall–Kier alpha value is -2.12. The number of furan rings is 1. The predicted octanol–water partition coefficient (Wildman–Crippen LogP) is 1.00. The van der Waals surface area contributed by atoms with E-state index in [1.807, 2.05) is 0 Å². The smallest absolute Gasteiger partial charge is 0.235 e. The summed E-state index contributed by atoms with van der Waals surface area (Å²) in [7, 11) is -3.57. The van der Waals surface area contributed by atoms with E-state index < -0.39 is 21.5 Å². The minimum Gasteiger partial charge on any atom is -0.467 e. The number of aliphatic hydroxyl groups is 1. The fraction of sp³-hybridized carbons (Fsp3) is 0.267. The molecule has 0 aliphatic rings. The molecule has 0 aliphatic heterocycles. The minimum absolute atomic E-state index is 0.154. The number of aliphatic hydroxyl groups excluding tert-OH is 1. The molecule has 1 aromatic carbocycles. The molecule has 0 saturated heterocycles. The van der Waals surface area contributed by atoms with E-state index in [1.54, 1.807) is 36.4 Å². The molecule has 1 heterocycles. The molecule has 1 aromatic heterocycles. The lowest BCUT2D eigenvalue weighted by atomic mass is 10.1. The molecule has 0 saturated carbocycles. The largest absolute Gasteiger partial charge is 0.467 e. The Labute approximate surface area is 128 Å². The van der Waals surface area contributed by atoms with Crippen molar-refractivity contribution in [3.05, 3.63) is 59.5 Å². The van der Waals surface area contributed by atoms with Crippen molar-refractivity contribution < 1.29 is 22.7 Å². The number of amides is 1. The predicted molar refractivity (Wildman–Crippen MR) is 80.4 cm³/mol. The van der Waals surface area contributed by atoms with E-state index >= 15 is 0 Å². The standard InChI is InChI=1S/C15H17NO5S/c17-9-12-3-1-4-13(7-12)10-22(19,20)11-15(18)16-8-14-5-2-6-21-14/h1-7,17H,8-11H2,(H,16,18). The van der Waals surface area contributed by atoms with Crippen LogP contribution in [0.2, 0.25) is 0 Å². The van der Waals surface area contributed by atoms with Crippen LogP contribution < -0.4 is 5.32 Å². The Kier molecular flexibility index (Phi) is 5.35. The molecular weight excluding hydrogens is 306 g/mol. The Morgan fingerprint density at radius 2 is 1.95 bits per heavy atom. The lowest BCUT2D eigenvalue weighted by Gasteiger charge is -2.06. The van der Waals surface area contributed by atoms with Gasteiger partial charge in [-0.25, -0.2) is 8.42 Å². The van der Waals surface area contributed by atoms with Crippen LogP contribution >= 0.6 is 0 Å². The van der Waals surface area contributed by atoms with Crippen LogP contribution in [-0.2, 0) is 33.5 Å². The van der Waals surface area contributed by atoms with Crippen molar-refractivity contribution in [2.45, 2.75) is 18.9 Å². The molecule has 0 bridgehead atoms. The molecular formula is C15H17NO5S. The van der Waals surface area contributed by atoms with Crippen molar-refractivity contribution in [3.8, 4) is 0 Å². The van der Waals surface area contributed by atoms with E-state index in [9.17, 15) is 13.2 Å². The van der Waals surface area contributed by atoms with Crippen LogP contribution in [0.5, 0.6) is 0 Å². The summed E-state index contributed by atoms with van der Waals surface area (Å²) >= 11 is 0. The number of carbonyl (C=O) groups excluding carboxylic acids is 1. The monoisotopic (exact) mass is 323 g/mol. The lowest BCUT2D eigenvalue weighted by molar-refractivity contribution is -0.118. The summed E-state index contributed by atoms with van der Waals surface area (Å²) in [6.07, 6.45) is 1.48. The average molecular weight is 323 g/mol. The summed E-state index contributed by atoms with van der Waals surface area (Å²) in [5, 5.41) is 11.5. The number of hydrogen-bond donors (Lipinski definition) is 2. The van der Waals surface area contributed by atoms with Gasteiger partial charge in [-0.2, -0.15) is 0 Å². The number of nitrogens with one attached hydrogen (secondary N) is 1. The SMILES string of the molecule is O=C(CS(=O)(=O)Cc1cccc(CO)c1)NCc1ccco1. The molecule has 0 spiro atoms. The fourth-order valence-electron chi connectivity index (χ4n) is 1.97. The summed E-state index contributed by atoms with van der Waals surface area (Å²) < 4.78 is 29.1. The van der Waals surface area contributed by atoms with Crippen molar-refractivity contribution in [3.63, 3.8) is 0 Å². The zero-order valence-electron chi connectivity index (χ0n) is 11.9. The molecule has 6 nitrogen and oxygen atoms in total. The van der Waals surface area contributed by atoms with Crippen LogP contribution in [0.15, 0.2) is 47.1 Å². The molecule has 0 fully saturated rings. The second kappa shape index (κ2) is 7.24. The highest BCUT2D eigenvalue weighted by Gasteiger charge is 2.17. The maximum atomic E-state index is 12.0. The number of carbonyl (C=O) groups is 1. The summed E-state index contributed by atoms with van der Waals surface area (Å²) in [6, 6.07) is 10.0.